The molecule has 40 heavy (non-hydrogen) atoms. The van der Waals surface area contributed by atoms with Gasteiger partial charge < -0.3 is 19.0 Å². The minimum Gasteiger partial charge on any atom is -0.491 e. The number of para-hydroxylation sites is 2. The lowest BCUT2D eigenvalue weighted by molar-refractivity contribution is -0.137. The molecule has 11 nitrogen and oxygen atoms in total. The zero-order chi connectivity index (χ0) is 27.8. The maximum atomic E-state index is 13.2. The molecule has 2 atom stereocenters. The van der Waals surface area contributed by atoms with Gasteiger partial charge >= 0.3 is 5.76 Å². The molecule has 1 N–H and O–H groups in total. The fourth-order valence-corrected chi connectivity index (χ4v) is 5.91. The van der Waals surface area contributed by atoms with Crippen LogP contribution >= 0.6 is 0 Å². The molecule has 0 spiro atoms. The van der Waals surface area contributed by atoms with Gasteiger partial charge in [-0.15, -0.1) is 0 Å². The Morgan fingerprint density at radius 1 is 1.05 bits per heavy atom. The van der Waals surface area contributed by atoms with E-state index in [0.717, 1.165) is 24.8 Å². The number of benzene rings is 2. The molecule has 4 heterocycles. The van der Waals surface area contributed by atoms with Crippen molar-refractivity contribution in [1.82, 2.24) is 19.7 Å². The summed E-state index contributed by atoms with van der Waals surface area (Å²) in [7, 11) is 0. The maximum Gasteiger partial charge on any atom is 0.419 e. The van der Waals surface area contributed by atoms with E-state index in [4.69, 9.17) is 9.15 Å². The van der Waals surface area contributed by atoms with Gasteiger partial charge in [0.25, 0.3) is 5.91 Å². The van der Waals surface area contributed by atoms with Gasteiger partial charge in [-0.2, -0.15) is 0 Å². The third-order valence-corrected chi connectivity index (χ3v) is 8.01. The summed E-state index contributed by atoms with van der Waals surface area (Å²) in [4.78, 5) is 65.6. The number of piperidine rings is 2. The van der Waals surface area contributed by atoms with Crippen molar-refractivity contribution in [2.24, 2.45) is 0 Å². The predicted octanol–water partition coefficient (Wildman–Crippen LogP) is 2.21. The Bertz CT molecular complexity index is 1560. The smallest absolute Gasteiger partial charge is 0.419 e. The summed E-state index contributed by atoms with van der Waals surface area (Å²) < 4.78 is 12.9. The van der Waals surface area contributed by atoms with E-state index in [9.17, 15) is 24.0 Å². The second-order valence-corrected chi connectivity index (χ2v) is 10.5. The second kappa shape index (κ2) is 10.6. The number of aryl methyl sites for hydroxylation is 1. The molecular weight excluding hydrogens is 516 g/mol. The number of imide groups is 1. The summed E-state index contributed by atoms with van der Waals surface area (Å²) in [6, 6.07) is 11.6. The number of nitrogens with one attached hydrogen (secondary N) is 1. The molecule has 0 bridgehead atoms. The summed E-state index contributed by atoms with van der Waals surface area (Å²) in [5.74, 6) is -0.915. The van der Waals surface area contributed by atoms with Crippen molar-refractivity contribution in [3.05, 3.63) is 64.1 Å². The van der Waals surface area contributed by atoms with Gasteiger partial charge in [0.15, 0.2) is 5.58 Å². The lowest BCUT2D eigenvalue weighted by atomic mass is 10.0. The summed E-state index contributed by atoms with van der Waals surface area (Å²) in [5, 5.41) is 2.31. The van der Waals surface area contributed by atoms with E-state index in [0.29, 0.717) is 42.0 Å². The number of oxazole rings is 1. The van der Waals surface area contributed by atoms with Crippen molar-refractivity contribution in [2.45, 2.75) is 63.7 Å². The van der Waals surface area contributed by atoms with Crippen LogP contribution in [0.5, 0.6) is 5.75 Å². The van der Waals surface area contributed by atoms with E-state index in [-0.39, 0.29) is 49.7 Å². The number of likely N-dealkylation sites (tertiary alicyclic amines) is 1. The number of carbonyl (C=O) groups excluding carboxylic acids is 4. The zero-order valence-electron chi connectivity index (χ0n) is 22.0. The van der Waals surface area contributed by atoms with Crippen molar-refractivity contribution in [2.75, 3.05) is 13.2 Å². The minimum absolute atomic E-state index is 0.0371. The lowest BCUT2D eigenvalue weighted by Crippen LogP contribution is -2.52. The lowest BCUT2D eigenvalue weighted by Gasteiger charge is -2.35. The summed E-state index contributed by atoms with van der Waals surface area (Å²) in [6.07, 6.45) is 3.41. The number of ether oxygens (including phenoxy) is 1. The van der Waals surface area contributed by atoms with Crippen LogP contribution in [0.3, 0.4) is 0 Å². The van der Waals surface area contributed by atoms with Gasteiger partial charge in [0.1, 0.15) is 18.4 Å². The highest BCUT2D eigenvalue weighted by Gasteiger charge is 2.39. The summed E-state index contributed by atoms with van der Waals surface area (Å²) >= 11 is 0. The van der Waals surface area contributed by atoms with E-state index < -0.39 is 17.7 Å². The molecular formula is C29H30N4O7. The number of amides is 4. The predicted molar refractivity (Wildman–Crippen MR) is 142 cm³/mol. The van der Waals surface area contributed by atoms with Crippen molar-refractivity contribution in [3.8, 4) is 5.75 Å². The Balaban J connectivity index is 1.08. The van der Waals surface area contributed by atoms with E-state index >= 15 is 0 Å². The Morgan fingerprint density at radius 3 is 2.75 bits per heavy atom. The average molecular weight is 547 g/mol. The second-order valence-electron chi connectivity index (χ2n) is 10.5. The molecule has 0 aliphatic carbocycles. The van der Waals surface area contributed by atoms with Gasteiger partial charge in [-0.05, 0) is 61.6 Å². The SMILES string of the molecule is O=C1CCC(N2Cc3cc(OC[C@@H]4CCCCN4C(=O)CCn4c(=O)oc5ccccc54)ccc3C2=O)C(=O)N1. The number of aromatic nitrogens is 1. The number of carbonyl (C=O) groups is 4. The van der Waals surface area contributed by atoms with Crippen LogP contribution in [-0.2, 0) is 27.5 Å². The fourth-order valence-electron chi connectivity index (χ4n) is 5.91. The van der Waals surface area contributed by atoms with E-state index in [1.807, 2.05) is 17.0 Å². The van der Waals surface area contributed by atoms with E-state index in [2.05, 4.69) is 5.32 Å². The van der Waals surface area contributed by atoms with Crippen LogP contribution in [0, 0.1) is 0 Å². The van der Waals surface area contributed by atoms with Crippen molar-refractivity contribution in [3.63, 3.8) is 0 Å². The molecule has 3 aliphatic heterocycles. The zero-order valence-corrected chi connectivity index (χ0v) is 22.0. The molecule has 2 fully saturated rings. The van der Waals surface area contributed by atoms with Crippen molar-refractivity contribution in [1.29, 1.82) is 0 Å². The van der Waals surface area contributed by atoms with Crippen LogP contribution < -0.4 is 15.8 Å². The molecule has 6 rings (SSSR count). The molecule has 1 aromatic heterocycles. The molecule has 1 unspecified atom stereocenters. The normalized spacial score (nSPS) is 21.1. The van der Waals surface area contributed by atoms with E-state index in [1.54, 1.807) is 30.3 Å². The molecule has 4 amide bonds. The largest absolute Gasteiger partial charge is 0.491 e. The van der Waals surface area contributed by atoms with Gasteiger partial charge in [0.2, 0.25) is 17.7 Å². The Labute approximate surface area is 229 Å². The number of fused-ring (bicyclic) bond motifs is 2. The number of rotatable bonds is 7. The molecule has 3 aromatic rings. The topological polar surface area (TPSA) is 131 Å². The average Bonchev–Trinajstić information content (AvgIpc) is 3.45. The first-order chi connectivity index (χ1) is 19.4. The van der Waals surface area contributed by atoms with Gasteiger partial charge in [-0.1, -0.05) is 12.1 Å². The van der Waals surface area contributed by atoms with Crippen molar-refractivity contribution >= 4 is 34.7 Å². The molecule has 2 aromatic carbocycles. The van der Waals surface area contributed by atoms with Gasteiger partial charge in [0.05, 0.1) is 11.6 Å². The Morgan fingerprint density at radius 2 is 1.90 bits per heavy atom. The third kappa shape index (κ3) is 4.87. The molecule has 208 valence electrons. The minimum atomic E-state index is -0.667. The standard InChI is InChI=1S/C29H30N4O7/c34-25-11-10-23(27(36)30-25)33-16-18-15-20(8-9-21(18)28(33)37)39-17-19-5-3-4-13-31(19)26(35)12-14-32-22-6-1-2-7-24(22)40-29(32)38/h1-2,6-9,15,19,23H,3-5,10-14,16-17H2,(H,30,34,36)/t19-,23?/m0/s1. The van der Waals surface area contributed by atoms with Crippen LogP contribution in [-0.4, -0.2) is 63.2 Å². The first-order valence-corrected chi connectivity index (χ1v) is 13.7. The number of hydrogen-bond acceptors (Lipinski definition) is 7. The third-order valence-electron chi connectivity index (χ3n) is 8.01. The Kier molecular flexibility index (Phi) is 6.87. The molecule has 3 aliphatic rings. The van der Waals surface area contributed by atoms with Crippen LogP contribution in [0.2, 0.25) is 0 Å². The molecule has 0 radical (unpaired) electrons. The number of hydrogen-bond donors (Lipinski definition) is 1. The van der Waals surface area contributed by atoms with Gasteiger partial charge in [-0.25, -0.2) is 4.79 Å². The first kappa shape index (κ1) is 25.8. The fraction of sp³-hybridized carbons (Fsp3) is 0.414. The van der Waals surface area contributed by atoms with Gasteiger partial charge in [-0.3, -0.25) is 29.1 Å². The molecule has 2 saturated heterocycles. The summed E-state index contributed by atoms with van der Waals surface area (Å²) in [5.41, 5.74) is 2.46. The quantitative estimate of drug-likeness (QED) is 0.450. The maximum absolute atomic E-state index is 13.2. The van der Waals surface area contributed by atoms with Crippen LogP contribution in [0.4, 0.5) is 0 Å². The highest BCUT2D eigenvalue weighted by molar-refractivity contribution is 6.05. The molecule has 0 saturated carbocycles. The highest BCUT2D eigenvalue weighted by Crippen LogP contribution is 2.30. The van der Waals surface area contributed by atoms with Gasteiger partial charge in [0, 0.05) is 38.0 Å². The van der Waals surface area contributed by atoms with Crippen molar-refractivity contribution < 1.29 is 28.3 Å². The summed E-state index contributed by atoms with van der Waals surface area (Å²) in [6.45, 7) is 1.45. The monoisotopic (exact) mass is 546 g/mol. The number of nitrogens with zero attached hydrogens (tertiary/aromatic N) is 3. The van der Waals surface area contributed by atoms with Crippen LogP contribution in [0.25, 0.3) is 11.1 Å². The van der Waals surface area contributed by atoms with Crippen LogP contribution in [0.15, 0.2) is 51.7 Å². The first-order valence-electron chi connectivity index (χ1n) is 13.7. The molecule has 11 heteroatoms. The Hall–Kier alpha value is -4.41. The van der Waals surface area contributed by atoms with E-state index in [1.165, 1.54) is 9.47 Å². The van der Waals surface area contributed by atoms with Crippen LogP contribution in [0.1, 0.15) is 54.4 Å². The highest BCUT2D eigenvalue weighted by atomic mass is 16.5.